The summed E-state index contributed by atoms with van der Waals surface area (Å²) in [5, 5.41) is 4.03. The molecule has 0 bridgehead atoms. The summed E-state index contributed by atoms with van der Waals surface area (Å²) >= 11 is 30.0. The van der Waals surface area contributed by atoms with Gasteiger partial charge in [-0.15, -0.1) is 0 Å². The topological polar surface area (TPSA) is 53.9 Å². The van der Waals surface area contributed by atoms with E-state index in [1.807, 2.05) is 0 Å². The lowest BCUT2D eigenvalue weighted by molar-refractivity contribution is 0.337. The van der Waals surface area contributed by atoms with Crippen LogP contribution in [0.5, 0.6) is 0 Å². The fourth-order valence-electron chi connectivity index (χ4n) is 2.86. The zero-order chi connectivity index (χ0) is 19.4. The number of benzene rings is 1. The molecule has 1 saturated heterocycles. The molecule has 3 rings (SSSR count). The van der Waals surface area contributed by atoms with E-state index in [0.717, 1.165) is 13.0 Å². The van der Waals surface area contributed by atoms with Gasteiger partial charge in [-0.3, -0.25) is 0 Å². The highest BCUT2D eigenvalue weighted by atomic mass is 35.6. The number of nitrogens with zero attached hydrogens (tertiary/aromatic N) is 4. The Kier molecular flexibility index (Phi) is 7.28. The Balaban J connectivity index is 1.76. The fourth-order valence-corrected chi connectivity index (χ4v) is 3.41. The number of nitrogens with one attached hydrogen (secondary N) is 1. The molecule has 0 amide bonds. The molecule has 1 N–H and O–H groups in total. The van der Waals surface area contributed by atoms with Crippen LogP contribution in [0.2, 0.25) is 10.0 Å². The summed E-state index contributed by atoms with van der Waals surface area (Å²) in [6, 6.07) is 5.09. The number of hydrogen-bond donors (Lipinski definition) is 1. The van der Waals surface area contributed by atoms with Crippen LogP contribution in [0.25, 0.3) is 11.4 Å². The van der Waals surface area contributed by atoms with E-state index in [1.54, 1.807) is 18.2 Å². The molecule has 0 atom stereocenters. The Labute approximate surface area is 183 Å². The van der Waals surface area contributed by atoms with Gasteiger partial charge in [-0.1, -0.05) is 58.0 Å². The number of halogens is 5. The standard InChI is InChI=1S/C17H18Cl5N5/c18-12-5-4-11(10-13(12)19)14-24-15(17(20,21)22)26-16(25-14)23-6-3-9-27-7-1-2-8-27/h4-5,10H,1-3,6-9H2,(H,23,24,25,26). The van der Waals surface area contributed by atoms with Gasteiger partial charge in [-0.25, -0.2) is 4.98 Å². The van der Waals surface area contributed by atoms with Crippen molar-refractivity contribution in [1.29, 1.82) is 0 Å². The first kappa shape index (κ1) is 21.2. The Bertz CT molecular complexity index is 790. The monoisotopic (exact) mass is 467 g/mol. The van der Waals surface area contributed by atoms with E-state index in [1.165, 1.54) is 25.9 Å². The summed E-state index contributed by atoms with van der Waals surface area (Å²) in [5.41, 5.74) is 0.655. The van der Waals surface area contributed by atoms with Crippen molar-refractivity contribution in [2.45, 2.75) is 23.1 Å². The lowest BCUT2D eigenvalue weighted by Gasteiger charge is -2.15. The molecule has 1 fully saturated rings. The van der Waals surface area contributed by atoms with Crippen molar-refractivity contribution in [3.8, 4) is 11.4 Å². The van der Waals surface area contributed by atoms with Gasteiger partial charge in [0.15, 0.2) is 11.6 Å². The van der Waals surface area contributed by atoms with E-state index in [4.69, 9.17) is 58.0 Å². The number of alkyl halides is 3. The first-order chi connectivity index (χ1) is 12.8. The predicted octanol–water partition coefficient (Wildman–Crippen LogP) is 5.57. The number of likely N-dealkylation sites (tertiary alicyclic amines) is 1. The zero-order valence-corrected chi connectivity index (χ0v) is 18.1. The molecule has 0 aliphatic carbocycles. The summed E-state index contributed by atoms with van der Waals surface area (Å²) in [5.74, 6) is 0.756. The maximum atomic E-state index is 6.10. The molecule has 27 heavy (non-hydrogen) atoms. The third kappa shape index (κ3) is 5.96. The van der Waals surface area contributed by atoms with E-state index in [0.29, 0.717) is 33.9 Å². The highest BCUT2D eigenvalue weighted by Crippen LogP contribution is 2.37. The van der Waals surface area contributed by atoms with Crippen molar-refractivity contribution in [3.05, 3.63) is 34.1 Å². The third-order valence-electron chi connectivity index (χ3n) is 4.20. The van der Waals surface area contributed by atoms with Crippen LogP contribution < -0.4 is 5.32 Å². The van der Waals surface area contributed by atoms with Gasteiger partial charge in [0, 0.05) is 12.1 Å². The van der Waals surface area contributed by atoms with E-state index < -0.39 is 3.79 Å². The molecule has 2 aromatic rings. The van der Waals surface area contributed by atoms with Gasteiger partial charge >= 0.3 is 0 Å². The lowest BCUT2D eigenvalue weighted by atomic mass is 10.2. The fraction of sp³-hybridized carbons (Fsp3) is 0.471. The molecular formula is C17H18Cl5N5. The summed E-state index contributed by atoms with van der Waals surface area (Å²) in [4.78, 5) is 15.4. The van der Waals surface area contributed by atoms with Crippen molar-refractivity contribution in [2.75, 3.05) is 31.5 Å². The average molecular weight is 470 g/mol. The first-order valence-corrected chi connectivity index (χ1v) is 10.5. The van der Waals surface area contributed by atoms with Crippen molar-refractivity contribution in [3.63, 3.8) is 0 Å². The summed E-state index contributed by atoms with van der Waals surface area (Å²) in [6.07, 6.45) is 3.53. The Morgan fingerprint density at radius 1 is 1.00 bits per heavy atom. The van der Waals surface area contributed by atoms with Crippen LogP contribution in [0.4, 0.5) is 5.95 Å². The van der Waals surface area contributed by atoms with Gasteiger partial charge in [0.1, 0.15) is 0 Å². The normalized spacial score (nSPS) is 15.3. The largest absolute Gasteiger partial charge is 0.354 e. The van der Waals surface area contributed by atoms with Crippen LogP contribution in [0.3, 0.4) is 0 Å². The van der Waals surface area contributed by atoms with Crippen molar-refractivity contribution in [1.82, 2.24) is 19.9 Å². The van der Waals surface area contributed by atoms with Crippen LogP contribution in [0.1, 0.15) is 25.1 Å². The lowest BCUT2D eigenvalue weighted by Crippen LogP contribution is -2.23. The molecule has 1 aliphatic rings. The van der Waals surface area contributed by atoms with Crippen LogP contribution >= 0.6 is 58.0 Å². The minimum absolute atomic E-state index is 0.0469. The molecule has 5 nitrogen and oxygen atoms in total. The summed E-state index contributed by atoms with van der Waals surface area (Å²) in [7, 11) is 0. The molecule has 0 spiro atoms. The second-order valence-electron chi connectivity index (χ2n) is 6.26. The van der Waals surface area contributed by atoms with Gasteiger partial charge in [-0.2, -0.15) is 9.97 Å². The molecular weight excluding hydrogens is 451 g/mol. The molecule has 0 saturated carbocycles. The van der Waals surface area contributed by atoms with Crippen LogP contribution in [0.15, 0.2) is 18.2 Å². The Hall–Kier alpha value is -0.560. The van der Waals surface area contributed by atoms with Gasteiger partial charge in [0.05, 0.1) is 10.0 Å². The second-order valence-corrected chi connectivity index (χ2v) is 9.36. The minimum atomic E-state index is -1.76. The Morgan fingerprint density at radius 3 is 2.41 bits per heavy atom. The highest BCUT2D eigenvalue weighted by molar-refractivity contribution is 6.66. The molecule has 10 heteroatoms. The summed E-state index contributed by atoms with van der Waals surface area (Å²) < 4.78 is -1.76. The molecule has 2 heterocycles. The zero-order valence-electron chi connectivity index (χ0n) is 14.4. The van der Waals surface area contributed by atoms with E-state index in [2.05, 4.69) is 25.2 Å². The van der Waals surface area contributed by atoms with E-state index >= 15 is 0 Å². The summed E-state index contributed by atoms with van der Waals surface area (Å²) in [6.45, 7) is 4.09. The van der Waals surface area contributed by atoms with E-state index in [9.17, 15) is 0 Å². The first-order valence-electron chi connectivity index (χ1n) is 8.58. The molecule has 146 valence electrons. The maximum Gasteiger partial charge on any atom is 0.250 e. The predicted molar refractivity (Wildman–Crippen MR) is 113 cm³/mol. The van der Waals surface area contributed by atoms with Crippen LogP contribution in [0, 0.1) is 0 Å². The van der Waals surface area contributed by atoms with Crippen LogP contribution in [-0.2, 0) is 3.79 Å². The van der Waals surface area contributed by atoms with Crippen molar-refractivity contribution < 1.29 is 0 Å². The molecule has 0 radical (unpaired) electrons. The van der Waals surface area contributed by atoms with Gasteiger partial charge in [0.2, 0.25) is 9.74 Å². The second kappa shape index (κ2) is 9.29. The molecule has 1 aliphatic heterocycles. The smallest absolute Gasteiger partial charge is 0.250 e. The minimum Gasteiger partial charge on any atom is -0.354 e. The number of rotatable bonds is 6. The molecule has 1 aromatic heterocycles. The van der Waals surface area contributed by atoms with Gasteiger partial charge in [-0.05, 0) is 57.1 Å². The van der Waals surface area contributed by atoms with Crippen LogP contribution in [-0.4, -0.2) is 46.0 Å². The van der Waals surface area contributed by atoms with E-state index in [-0.39, 0.29) is 5.82 Å². The van der Waals surface area contributed by atoms with Gasteiger partial charge in [0.25, 0.3) is 0 Å². The van der Waals surface area contributed by atoms with Gasteiger partial charge < -0.3 is 10.2 Å². The third-order valence-corrected chi connectivity index (χ3v) is 5.45. The number of anilines is 1. The number of hydrogen-bond acceptors (Lipinski definition) is 5. The molecule has 0 unspecified atom stereocenters. The highest BCUT2D eigenvalue weighted by Gasteiger charge is 2.28. The van der Waals surface area contributed by atoms with Crippen molar-refractivity contribution in [2.24, 2.45) is 0 Å². The maximum absolute atomic E-state index is 6.10. The SMILES string of the molecule is Clc1ccc(-c2nc(NCCCN3CCCC3)nc(C(Cl)(Cl)Cl)n2)cc1Cl. The van der Waals surface area contributed by atoms with Crippen molar-refractivity contribution >= 4 is 64.0 Å². The quantitative estimate of drug-likeness (QED) is 0.443. The Morgan fingerprint density at radius 2 is 1.74 bits per heavy atom. The number of aromatic nitrogens is 3. The average Bonchev–Trinajstić information content (AvgIpc) is 3.13. The molecule has 1 aromatic carbocycles.